The van der Waals surface area contributed by atoms with Gasteiger partial charge in [0, 0.05) is 16.7 Å². The molecule has 0 bridgehead atoms. The zero-order valence-corrected chi connectivity index (χ0v) is 9.57. The molecular formula is C11H9BrN2O. The normalized spacial score (nSPS) is 20.4. The molecule has 1 heterocycles. The minimum atomic E-state index is -0.464. The van der Waals surface area contributed by atoms with Crippen LogP contribution in [-0.4, -0.2) is 18.9 Å². The Morgan fingerprint density at radius 1 is 1.40 bits per heavy atom. The van der Waals surface area contributed by atoms with Gasteiger partial charge in [-0.1, -0.05) is 15.9 Å². The van der Waals surface area contributed by atoms with Crippen LogP contribution in [0.2, 0.25) is 0 Å². The highest BCUT2D eigenvalue weighted by molar-refractivity contribution is 9.10. The molecule has 0 aromatic heterocycles. The van der Waals surface area contributed by atoms with Gasteiger partial charge in [-0.3, -0.25) is 4.79 Å². The smallest absolute Gasteiger partial charge is 0.170 e. The van der Waals surface area contributed by atoms with E-state index < -0.39 is 5.92 Å². The van der Waals surface area contributed by atoms with Gasteiger partial charge >= 0.3 is 0 Å². The van der Waals surface area contributed by atoms with E-state index in [2.05, 4.69) is 15.9 Å². The van der Waals surface area contributed by atoms with E-state index >= 15 is 0 Å². The first-order valence-electron chi connectivity index (χ1n) is 4.63. The average molecular weight is 265 g/mol. The van der Waals surface area contributed by atoms with E-state index in [1.54, 1.807) is 0 Å². The third-order valence-corrected chi connectivity index (χ3v) is 3.01. The van der Waals surface area contributed by atoms with E-state index in [0.717, 1.165) is 10.2 Å². The first-order valence-corrected chi connectivity index (χ1v) is 5.43. The second-order valence-electron chi connectivity index (χ2n) is 3.50. The van der Waals surface area contributed by atoms with Gasteiger partial charge in [0.2, 0.25) is 0 Å². The molecule has 4 heteroatoms. The molecule has 0 unspecified atom stereocenters. The van der Waals surface area contributed by atoms with Gasteiger partial charge in [0.1, 0.15) is 5.92 Å². The van der Waals surface area contributed by atoms with E-state index in [1.807, 2.05) is 35.2 Å². The number of ketones is 1. The minimum Gasteiger partial charge on any atom is -0.362 e. The Bertz CT molecular complexity index is 421. The molecule has 0 N–H and O–H groups in total. The molecule has 1 aromatic carbocycles. The first-order chi connectivity index (χ1) is 7.20. The van der Waals surface area contributed by atoms with Crippen molar-refractivity contribution in [2.24, 2.45) is 5.92 Å². The molecule has 1 fully saturated rings. The van der Waals surface area contributed by atoms with Crippen LogP contribution >= 0.6 is 15.9 Å². The van der Waals surface area contributed by atoms with Crippen LogP contribution in [0.1, 0.15) is 0 Å². The Morgan fingerprint density at radius 3 is 2.60 bits per heavy atom. The number of rotatable bonds is 1. The Labute approximate surface area is 96.4 Å². The maximum Gasteiger partial charge on any atom is 0.170 e. The van der Waals surface area contributed by atoms with Crippen LogP contribution in [0.15, 0.2) is 28.7 Å². The number of carbonyl (C=O) groups excluding carboxylic acids is 1. The summed E-state index contributed by atoms with van der Waals surface area (Å²) in [5.74, 6) is -0.450. The molecular weight excluding hydrogens is 256 g/mol. The summed E-state index contributed by atoms with van der Waals surface area (Å²) >= 11 is 3.35. The minimum absolute atomic E-state index is 0.0143. The number of nitriles is 1. The molecule has 2 rings (SSSR count). The monoisotopic (exact) mass is 264 g/mol. The summed E-state index contributed by atoms with van der Waals surface area (Å²) in [4.78, 5) is 13.3. The van der Waals surface area contributed by atoms with Gasteiger partial charge in [0.25, 0.3) is 0 Å². The van der Waals surface area contributed by atoms with E-state index in [0.29, 0.717) is 13.1 Å². The van der Waals surface area contributed by atoms with Crippen LogP contribution in [0.4, 0.5) is 5.69 Å². The highest BCUT2D eigenvalue weighted by Gasteiger charge is 2.30. The molecule has 0 aliphatic carbocycles. The van der Waals surface area contributed by atoms with Crippen LogP contribution in [0, 0.1) is 17.2 Å². The SMILES string of the molecule is N#C[C@H]1CN(c2ccc(Br)cc2)CC1=O. The van der Waals surface area contributed by atoms with Crippen molar-refractivity contribution < 1.29 is 4.79 Å². The largest absolute Gasteiger partial charge is 0.362 e. The number of carbonyl (C=O) groups is 1. The quantitative estimate of drug-likeness (QED) is 0.779. The zero-order chi connectivity index (χ0) is 10.8. The Balaban J connectivity index is 2.18. The lowest BCUT2D eigenvalue weighted by Gasteiger charge is -2.16. The second kappa shape index (κ2) is 4.03. The lowest BCUT2D eigenvalue weighted by atomic mass is 10.1. The molecule has 1 saturated heterocycles. The van der Waals surface area contributed by atoms with E-state index in [-0.39, 0.29) is 5.78 Å². The summed E-state index contributed by atoms with van der Waals surface area (Å²) in [6.45, 7) is 0.858. The van der Waals surface area contributed by atoms with Crippen LogP contribution in [0.25, 0.3) is 0 Å². The number of nitrogens with zero attached hydrogens (tertiary/aromatic N) is 2. The summed E-state index contributed by atoms with van der Waals surface area (Å²) in [7, 11) is 0. The van der Waals surface area contributed by atoms with Crippen molar-refractivity contribution in [1.82, 2.24) is 0 Å². The van der Waals surface area contributed by atoms with Gasteiger partial charge in [-0.15, -0.1) is 0 Å². The van der Waals surface area contributed by atoms with Gasteiger partial charge in [0.15, 0.2) is 5.78 Å². The fourth-order valence-corrected chi connectivity index (χ4v) is 1.91. The van der Waals surface area contributed by atoms with Crippen LogP contribution in [0.3, 0.4) is 0 Å². The number of halogens is 1. The van der Waals surface area contributed by atoms with Gasteiger partial charge in [-0.05, 0) is 24.3 Å². The number of hydrogen-bond acceptors (Lipinski definition) is 3. The molecule has 0 saturated carbocycles. The van der Waals surface area contributed by atoms with Crippen molar-refractivity contribution in [2.75, 3.05) is 18.0 Å². The summed E-state index contributed by atoms with van der Waals surface area (Å²) in [6, 6.07) is 9.77. The van der Waals surface area contributed by atoms with Crippen molar-refractivity contribution in [2.45, 2.75) is 0 Å². The lowest BCUT2D eigenvalue weighted by Crippen LogP contribution is -2.19. The Kier molecular flexibility index (Phi) is 2.74. The third kappa shape index (κ3) is 2.02. The molecule has 1 atom stereocenters. The van der Waals surface area contributed by atoms with Crippen molar-refractivity contribution in [1.29, 1.82) is 5.26 Å². The summed E-state index contributed by atoms with van der Waals surface area (Å²) in [5, 5.41) is 8.74. The first kappa shape index (κ1) is 10.2. The van der Waals surface area contributed by atoms with Gasteiger partial charge in [-0.25, -0.2) is 0 Å². The van der Waals surface area contributed by atoms with E-state index in [1.165, 1.54) is 0 Å². The molecule has 1 aromatic rings. The van der Waals surface area contributed by atoms with Crippen LogP contribution in [-0.2, 0) is 4.79 Å². The molecule has 0 spiro atoms. The lowest BCUT2D eigenvalue weighted by molar-refractivity contribution is -0.118. The fourth-order valence-electron chi connectivity index (χ4n) is 1.65. The Morgan fingerprint density at radius 2 is 2.07 bits per heavy atom. The predicted molar refractivity (Wildman–Crippen MR) is 60.5 cm³/mol. The zero-order valence-electron chi connectivity index (χ0n) is 7.98. The van der Waals surface area contributed by atoms with E-state index in [9.17, 15) is 4.79 Å². The molecule has 3 nitrogen and oxygen atoms in total. The van der Waals surface area contributed by atoms with Crippen molar-refractivity contribution in [3.8, 4) is 6.07 Å². The second-order valence-corrected chi connectivity index (χ2v) is 4.42. The number of anilines is 1. The molecule has 0 radical (unpaired) electrons. The van der Waals surface area contributed by atoms with E-state index in [4.69, 9.17) is 5.26 Å². The summed E-state index contributed by atoms with van der Waals surface area (Å²) in [6.07, 6.45) is 0. The highest BCUT2D eigenvalue weighted by Crippen LogP contribution is 2.23. The average Bonchev–Trinajstić information content (AvgIpc) is 2.61. The number of hydrogen-bond donors (Lipinski definition) is 0. The molecule has 76 valence electrons. The molecule has 15 heavy (non-hydrogen) atoms. The van der Waals surface area contributed by atoms with Gasteiger partial charge < -0.3 is 4.90 Å². The number of Topliss-reactive ketones (excluding diaryl/α,β-unsaturated/α-hetero) is 1. The summed E-state index contributed by atoms with van der Waals surface area (Å²) in [5.41, 5.74) is 0.990. The van der Waals surface area contributed by atoms with Crippen molar-refractivity contribution in [3.63, 3.8) is 0 Å². The number of benzene rings is 1. The third-order valence-electron chi connectivity index (χ3n) is 2.49. The predicted octanol–water partition coefficient (Wildman–Crippen LogP) is 1.98. The Hall–Kier alpha value is -1.34. The summed E-state index contributed by atoms with van der Waals surface area (Å²) < 4.78 is 1.01. The van der Waals surface area contributed by atoms with Crippen molar-refractivity contribution >= 4 is 27.4 Å². The topological polar surface area (TPSA) is 44.1 Å². The molecule has 1 aliphatic heterocycles. The van der Waals surface area contributed by atoms with Crippen LogP contribution < -0.4 is 4.90 Å². The molecule has 0 amide bonds. The maximum atomic E-state index is 11.4. The van der Waals surface area contributed by atoms with Crippen molar-refractivity contribution in [3.05, 3.63) is 28.7 Å². The van der Waals surface area contributed by atoms with Crippen LogP contribution in [0.5, 0.6) is 0 Å². The van der Waals surface area contributed by atoms with Gasteiger partial charge in [-0.2, -0.15) is 5.26 Å². The maximum absolute atomic E-state index is 11.4. The van der Waals surface area contributed by atoms with Gasteiger partial charge in [0.05, 0.1) is 12.6 Å². The molecule has 1 aliphatic rings. The fraction of sp³-hybridized carbons (Fsp3) is 0.273. The standard InChI is InChI=1S/C11H9BrN2O/c12-9-1-3-10(4-2-9)14-6-8(5-13)11(15)7-14/h1-4,8H,6-7H2/t8-/m0/s1. The highest BCUT2D eigenvalue weighted by atomic mass is 79.9.